The molecule has 3 aromatic rings. The van der Waals surface area contributed by atoms with Gasteiger partial charge in [-0.05, 0) is 49.1 Å². The first kappa shape index (κ1) is 47.5. The minimum Gasteiger partial charge on any atom is -0.461 e. The number of carbonyl (C=O) groups excluding carboxylic acids is 8. The number of ketones is 2. The lowest BCUT2D eigenvalue weighted by atomic mass is 9.44. The summed E-state index contributed by atoms with van der Waals surface area (Å²) in [4.78, 5) is 111. The fourth-order valence-electron chi connectivity index (χ4n) is 11.2. The zero-order valence-corrected chi connectivity index (χ0v) is 38.6. The van der Waals surface area contributed by atoms with Crippen LogP contribution in [-0.4, -0.2) is 102 Å². The highest BCUT2D eigenvalue weighted by Crippen LogP contribution is 2.67. The highest BCUT2D eigenvalue weighted by Gasteiger charge is 2.83. The SMILES string of the molecule is CC(=O)O[C@H]1C(=O)[C@]2(C)[C@@H](OC(=O)CC/C=C/c3ccc(C(=O)c4ccccc4)cc3)C[C@H]3OC[C@@]3(OC(C)=O)[C@H]2[C@H](OC(=O)c2ccccc2)[C@]23OC(=O)O[C@H]2[C@H](OC(C)=O)C(C)=C1C3(C)C. The molecular formula is C52H52O16. The van der Waals surface area contributed by atoms with E-state index >= 15 is 4.79 Å². The topological polar surface area (TPSA) is 210 Å². The van der Waals surface area contributed by atoms with Gasteiger partial charge in [0, 0.05) is 50.2 Å². The normalized spacial score (nSPS) is 30.9. The summed E-state index contributed by atoms with van der Waals surface area (Å²) in [6.07, 6.45) is -7.13. The van der Waals surface area contributed by atoms with Crippen molar-refractivity contribution >= 4 is 53.6 Å². The number of carbonyl (C=O) groups is 8. The van der Waals surface area contributed by atoms with Crippen LogP contribution in [0.15, 0.2) is 102 Å². The molecule has 0 unspecified atom stereocenters. The molecule has 10 atom stereocenters. The van der Waals surface area contributed by atoms with Crippen LogP contribution in [0.4, 0.5) is 4.79 Å². The average molecular weight is 933 g/mol. The minimum absolute atomic E-state index is 0.0557. The lowest BCUT2D eigenvalue weighted by Crippen LogP contribution is -2.83. The van der Waals surface area contributed by atoms with E-state index in [1.807, 2.05) is 6.07 Å². The smallest absolute Gasteiger partial charge is 0.461 e. The van der Waals surface area contributed by atoms with Gasteiger partial charge in [-0.1, -0.05) is 98.8 Å². The molecule has 0 N–H and O–H groups in total. The molecule has 3 aromatic carbocycles. The molecule has 0 aromatic heterocycles. The van der Waals surface area contributed by atoms with Crippen LogP contribution in [0, 0.1) is 16.7 Å². The lowest BCUT2D eigenvalue weighted by molar-refractivity contribution is -0.346. The van der Waals surface area contributed by atoms with Gasteiger partial charge in [-0.25, -0.2) is 9.59 Å². The van der Waals surface area contributed by atoms with Gasteiger partial charge >= 0.3 is 36.0 Å². The third-order valence-electron chi connectivity index (χ3n) is 14.2. The number of rotatable bonds is 12. The maximum atomic E-state index is 16.1. The molecule has 8 rings (SSSR count). The van der Waals surface area contributed by atoms with Crippen LogP contribution in [0.3, 0.4) is 0 Å². The van der Waals surface area contributed by atoms with Gasteiger partial charge in [0.05, 0.1) is 23.5 Å². The molecule has 2 aliphatic heterocycles. The van der Waals surface area contributed by atoms with Crippen LogP contribution in [0.5, 0.6) is 0 Å². The Labute approximate surface area is 392 Å². The molecule has 2 saturated heterocycles. The summed E-state index contributed by atoms with van der Waals surface area (Å²) >= 11 is 0. The summed E-state index contributed by atoms with van der Waals surface area (Å²) in [5, 5.41) is 0. The van der Waals surface area contributed by atoms with E-state index in [1.54, 1.807) is 92.7 Å². The molecule has 16 nitrogen and oxygen atoms in total. The van der Waals surface area contributed by atoms with Crippen LogP contribution in [-0.2, 0) is 61.9 Å². The van der Waals surface area contributed by atoms with Gasteiger partial charge in [-0.3, -0.25) is 28.8 Å². The number of hydrogen-bond donors (Lipinski definition) is 0. The van der Waals surface area contributed by atoms with Gasteiger partial charge in [-0.2, -0.15) is 0 Å². The lowest BCUT2D eigenvalue weighted by Gasteiger charge is -2.67. The highest BCUT2D eigenvalue weighted by molar-refractivity contribution is 6.09. The van der Waals surface area contributed by atoms with Crippen molar-refractivity contribution in [3.63, 3.8) is 0 Å². The zero-order chi connectivity index (χ0) is 48.9. The fourth-order valence-corrected chi connectivity index (χ4v) is 11.2. The first-order chi connectivity index (χ1) is 32.3. The maximum absolute atomic E-state index is 16.1. The third-order valence-corrected chi connectivity index (χ3v) is 14.2. The third kappa shape index (κ3) is 7.87. The van der Waals surface area contributed by atoms with Crippen LogP contribution < -0.4 is 0 Å². The largest absolute Gasteiger partial charge is 0.509 e. The highest BCUT2D eigenvalue weighted by atomic mass is 16.8. The van der Waals surface area contributed by atoms with Crippen molar-refractivity contribution < 1.29 is 76.3 Å². The predicted octanol–water partition coefficient (Wildman–Crippen LogP) is 6.65. The van der Waals surface area contributed by atoms with E-state index in [0.717, 1.165) is 26.3 Å². The van der Waals surface area contributed by atoms with Crippen molar-refractivity contribution in [2.45, 2.75) is 116 Å². The number of fused-ring (bicyclic) bond motifs is 4. The molecule has 2 saturated carbocycles. The predicted molar refractivity (Wildman–Crippen MR) is 237 cm³/mol. The maximum Gasteiger partial charge on any atom is 0.509 e. The summed E-state index contributed by atoms with van der Waals surface area (Å²) in [6, 6.07) is 23.7. The second-order valence-electron chi connectivity index (χ2n) is 18.6. The number of hydrogen-bond acceptors (Lipinski definition) is 16. The molecule has 16 heteroatoms. The van der Waals surface area contributed by atoms with Crippen LogP contribution in [0.1, 0.15) is 99.6 Å². The Bertz CT molecular complexity index is 2620. The summed E-state index contributed by atoms with van der Waals surface area (Å²) < 4.78 is 49.4. The van der Waals surface area contributed by atoms with Crippen LogP contribution in [0.2, 0.25) is 0 Å². The number of esters is 5. The van der Waals surface area contributed by atoms with Crippen molar-refractivity contribution in [3.05, 3.63) is 124 Å². The van der Waals surface area contributed by atoms with Crippen molar-refractivity contribution in [2.24, 2.45) is 16.7 Å². The van der Waals surface area contributed by atoms with Gasteiger partial charge in [0.1, 0.15) is 12.2 Å². The molecule has 2 heterocycles. The summed E-state index contributed by atoms with van der Waals surface area (Å²) in [6.45, 7) is 9.23. The first-order valence-electron chi connectivity index (χ1n) is 22.4. The molecular weight excluding hydrogens is 881 g/mol. The number of benzene rings is 3. The van der Waals surface area contributed by atoms with Crippen LogP contribution >= 0.6 is 0 Å². The van der Waals surface area contributed by atoms with Crippen molar-refractivity contribution in [1.82, 2.24) is 0 Å². The summed E-state index contributed by atoms with van der Waals surface area (Å²) in [5.74, 6) is -6.73. The van der Waals surface area contributed by atoms with Crippen molar-refractivity contribution in [2.75, 3.05) is 6.61 Å². The van der Waals surface area contributed by atoms with E-state index in [2.05, 4.69) is 0 Å². The minimum atomic E-state index is -2.24. The molecule has 3 aliphatic carbocycles. The summed E-state index contributed by atoms with van der Waals surface area (Å²) in [5.41, 5.74) is -5.71. The molecule has 2 bridgehead atoms. The standard InChI is InChI=1S/C52H52O16/c1-28-39-42(63-30(3)54)44(58)50(7)36(64-38(56)21-15-14-16-32-22-24-34(25-23-32)40(57)33-17-10-8-11-18-33)26-37-51(27-61-37,67-31(4)55)43(50)46(65-47(59)35-19-12-9-13-20-35)52(49(39,5)6)45(66-48(60)68-52)41(28)62-29(2)53/h8-14,16-20,22-25,36-37,41-43,45-46H,15,21,26-27H2,1-7H3/b16-14+/t36-,37+,41+,42+,43-,45-,46-,50+,51-,52+/m0/s1. The van der Waals surface area contributed by atoms with E-state index in [9.17, 15) is 33.6 Å². The number of Topliss-reactive ketones (excluding diaryl/α,β-unsaturated/α-hetero) is 1. The fraction of sp³-hybridized carbons (Fsp3) is 0.423. The molecule has 0 radical (unpaired) electrons. The Morgan fingerprint density at radius 1 is 0.750 bits per heavy atom. The Morgan fingerprint density at radius 2 is 1.37 bits per heavy atom. The van der Waals surface area contributed by atoms with E-state index < -0.39 is 106 Å². The molecule has 68 heavy (non-hydrogen) atoms. The van der Waals surface area contributed by atoms with Crippen molar-refractivity contribution in [3.8, 4) is 0 Å². The molecule has 4 fully saturated rings. The van der Waals surface area contributed by atoms with Gasteiger partial charge in [-0.15, -0.1) is 0 Å². The van der Waals surface area contributed by atoms with Gasteiger partial charge in [0.15, 0.2) is 41.6 Å². The van der Waals surface area contributed by atoms with Gasteiger partial charge in [0.2, 0.25) is 5.60 Å². The van der Waals surface area contributed by atoms with E-state index in [0.29, 0.717) is 11.1 Å². The van der Waals surface area contributed by atoms with Gasteiger partial charge in [0.25, 0.3) is 0 Å². The Morgan fingerprint density at radius 3 is 1.96 bits per heavy atom. The zero-order valence-electron chi connectivity index (χ0n) is 38.6. The van der Waals surface area contributed by atoms with E-state index in [1.165, 1.54) is 26.0 Å². The molecule has 356 valence electrons. The van der Waals surface area contributed by atoms with Crippen LogP contribution in [0.25, 0.3) is 6.08 Å². The van der Waals surface area contributed by atoms with Gasteiger partial charge < -0.3 is 37.9 Å². The molecule has 0 amide bonds. The Hall–Kier alpha value is -6.94. The number of allylic oxidation sites excluding steroid dienone is 1. The quantitative estimate of drug-likeness (QED) is 0.0805. The van der Waals surface area contributed by atoms with E-state index in [4.69, 9.17) is 37.9 Å². The second-order valence-corrected chi connectivity index (χ2v) is 18.6. The average Bonchev–Trinajstić information content (AvgIpc) is 3.66. The summed E-state index contributed by atoms with van der Waals surface area (Å²) in [7, 11) is 0. The molecule has 5 aliphatic rings. The molecule has 1 spiro atoms. The monoisotopic (exact) mass is 932 g/mol. The van der Waals surface area contributed by atoms with E-state index in [-0.39, 0.29) is 48.4 Å². The Balaban J connectivity index is 1.23. The van der Waals surface area contributed by atoms with Crippen molar-refractivity contribution in [1.29, 1.82) is 0 Å². The second kappa shape index (κ2) is 17.9. The first-order valence-corrected chi connectivity index (χ1v) is 22.4. The Kier molecular flexibility index (Phi) is 12.5. The number of ether oxygens (including phenoxy) is 8.